The van der Waals surface area contributed by atoms with Crippen LogP contribution in [0.15, 0.2) is 0 Å². The van der Waals surface area contributed by atoms with Crippen molar-refractivity contribution in [2.75, 3.05) is 45.0 Å². The Morgan fingerprint density at radius 2 is 1.71 bits per heavy atom. The van der Waals surface area contributed by atoms with Crippen molar-refractivity contribution in [2.45, 2.75) is 51.3 Å². The van der Waals surface area contributed by atoms with E-state index >= 15 is 0 Å². The third-order valence-corrected chi connectivity index (χ3v) is 7.01. The highest BCUT2D eigenvalue weighted by molar-refractivity contribution is 7.92. The number of piperazine rings is 1. The summed E-state index contributed by atoms with van der Waals surface area (Å²) in [7, 11) is -3.02. The predicted molar refractivity (Wildman–Crippen MR) is 89.3 cm³/mol. The molecule has 0 aromatic heterocycles. The zero-order chi connectivity index (χ0) is 16.1. The van der Waals surface area contributed by atoms with Gasteiger partial charge in [0.25, 0.3) is 0 Å². The van der Waals surface area contributed by atoms with Gasteiger partial charge >= 0.3 is 0 Å². The van der Waals surface area contributed by atoms with Crippen molar-refractivity contribution in [3.8, 4) is 0 Å². The molecule has 1 rings (SSSR count). The van der Waals surface area contributed by atoms with Gasteiger partial charge in [0.2, 0.25) is 0 Å². The Labute approximate surface area is 130 Å². The molecule has 0 saturated carbocycles. The van der Waals surface area contributed by atoms with Crippen LogP contribution < -0.4 is 5.73 Å². The lowest BCUT2D eigenvalue weighted by Crippen LogP contribution is -2.53. The molecule has 5 nitrogen and oxygen atoms in total. The first kappa shape index (κ1) is 18.9. The maximum atomic E-state index is 12.1. The fourth-order valence-electron chi connectivity index (χ4n) is 2.69. The van der Waals surface area contributed by atoms with Crippen molar-refractivity contribution in [1.29, 1.82) is 0 Å². The van der Waals surface area contributed by atoms with Gasteiger partial charge in [-0.05, 0) is 27.2 Å². The first-order chi connectivity index (χ1) is 9.71. The van der Waals surface area contributed by atoms with Gasteiger partial charge in [0, 0.05) is 45.3 Å². The van der Waals surface area contributed by atoms with Crippen LogP contribution in [0.25, 0.3) is 0 Å². The van der Waals surface area contributed by atoms with E-state index in [0.717, 1.165) is 39.0 Å². The molecule has 0 amide bonds. The van der Waals surface area contributed by atoms with Crippen molar-refractivity contribution < 1.29 is 8.42 Å². The molecule has 0 aromatic carbocycles. The van der Waals surface area contributed by atoms with Gasteiger partial charge in [-0.15, -0.1) is 0 Å². The topological polar surface area (TPSA) is 66.6 Å². The smallest absolute Gasteiger partial charge is 0.156 e. The summed E-state index contributed by atoms with van der Waals surface area (Å²) in [5, 5.41) is 0. The molecule has 126 valence electrons. The Hall–Kier alpha value is -0.170. The van der Waals surface area contributed by atoms with E-state index in [1.165, 1.54) is 0 Å². The van der Waals surface area contributed by atoms with Crippen molar-refractivity contribution in [1.82, 2.24) is 9.80 Å². The summed E-state index contributed by atoms with van der Waals surface area (Å²) in [6, 6.07) is 0.482. The zero-order valence-electron chi connectivity index (χ0n) is 14.1. The largest absolute Gasteiger partial charge is 0.329 e. The molecule has 2 N–H and O–H groups in total. The van der Waals surface area contributed by atoms with Crippen LogP contribution in [-0.2, 0) is 9.84 Å². The molecule has 1 unspecified atom stereocenters. The van der Waals surface area contributed by atoms with Gasteiger partial charge in [-0.25, -0.2) is 8.42 Å². The lowest BCUT2D eigenvalue weighted by Gasteiger charge is -2.39. The summed E-state index contributed by atoms with van der Waals surface area (Å²) in [5.74, 6) is 0.256. The number of nitrogens with two attached hydrogens (primary N) is 1. The van der Waals surface area contributed by atoms with Crippen molar-refractivity contribution in [3.05, 3.63) is 0 Å². The second kappa shape index (κ2) is 7.90. The number of sulfone groups is 1. The summed E-state index contributed by atoms with van der Waals surface area (Å²) >= 11 is 0. The third-order valence-electron chi connectivity index (χ3n) is 4.43. The van der Waals surface area contributed by atoms with Gasteiger partial charge in [-0.1, -0.05) is 13.3 Å². The standard InChI is InChI=1S/C15H33N3O2S/c1-5-6-14(13-16)18-9-7-17(8-10-18)11-12-21(19,20)15(2,3)4/h14H,5-13,16H2,1-4H3. The molecule has 1 saturated heterocycles. The molecule has 1 atom stereocenters. The molecule has 0 radical (unpaired) electrons. The minimum Gasteiger partial charge on any atom is -0.329 e. The maximum Gasteiger partial charge on any atom is 0.156 e. The average molecular weight is 320 g/mol. The number of nitrogens with zero attached hydrogens (tertiary/aromatic N) is 2. The monoisotopic (exact) mass is 319 g/mol. The van der Waals surface area contributed by atoms with E-state index in [1.807, 2.05) is 0 Å². The SMILES string of the molecule is CCCC(CN)N1CCN(CCS(=O)(=O)C(C)(C)C)CC1. The van der Waals surface area contributed by atoms with E-state index in [0.29, 0.717) is 19.1 Å². The number of hydrogen-bond acceptors (Lipinski definition) is 5. The van der Waals surface area contributed by atoms with Crippen LogP contribution in [0.3, 0.4) is 0 Å². The van der Waals surface area contributed by atoms with Gasteiger partial charge in [0.15, 0.2) is 9.84 Å². The minimum atomic E-state index is -3.02. The van der Waals surface area contributed by atoms with Crippen LogP contribution in [0.4, 0.5) is 0 Å². The summed E-state index contributed by atoms with van der Waals surface area (Å²) in [6.07, 6.45) is 2.31. The van der Waals surface area contributed by atoms with Crippen molar-refractivity contribution in [3.63, 3.8) is 0 Å². The molecule has 0 bridgehead atoms. The van der Waals surface area contributed by atoms with Gasteiger partial charge in [0.05, 0.1) is 10.5 Å². The molecule has 1 aliphatic rings. The predicted octanol–water partition coefficient (Wildman–Crippen LogP) is 0.945. The van der Waals surface area contributed by atoms with E-state index in [-0.39, 0.29) is 5.75 Å². The molecular formula is C15H33N3O2S. The molecular weight excluding hydrogens is 286 g/mol. The highest BCUT2D eigenvalue weighted by Crippen LogP contribution is 2.17. The lowest BCUT2D eigenvalue weighted by atomic mass is 10.1. The van der Waals surface area contributed by atoms with Crippen LogP contribution in [0.2, 0.25) is 0 Å². The van der Waals surface area contributed by atoms with Crippen molar-refractivity contribution in [2.24, 2.45) is 5.73 Å². The van der Waals surface area contributed by atoms with Gasteiger partial charge in [-0.3, -0.25) is 9.80 Å². The normalized spacial score (nSPS) is 20.6. The molecule has 1 aliphatic heterocycles. The maximum absolute atomic E-state index is 12.1. The number of rotatable bonds is 7. The minimum absolute atomic E-state index is 0.256. The summed E-state index contributed by atoms with van der Waals surface area (Å²) in [6.45, 7) is 12.8. The first-order valence-electron chi connectivity index (χ1n) is 8.10. The number of hydrogen-bond donors (Lipinski definition) is 1. The van der Waals surface area contributed by atoms with E-state index in [4.69, 9.17) is 5.73 Å². The van der Waals surface area contributed by atoms with Crippen LogP contribution in [0, 0.1) is 0 Å². The average Bonchev–Trinajstić information content (AvgIpc) is 2.42. The quantitative estimate of drug-likeness (QED) is 0.756. The molecule has 0 spiro atoms. The van der Waals surface area contributed by atoms with Crippen LogP contribution in [0.1, 0.15) is 40.5 Å². The Kier molecular flexibility index (Phi) is 7.10. The Bertz CT molecular complexity index is 396. The fraction of sp³-hybridized carbons (Fsp3) is 1.00. The van der Waals surface area contributed by atoms with Gasteiger partial charge < -0.3 is 5.73 Å². The summed E-state index contributed by atoms with van der Waals surface area (Å²) in [4.78, 5) is 4.72. The molecule has 21 heavy (non-hydrogen) atoms. The summed E-state index contributed by atoms with van der Waals surface area (Å²) in [5.41, 5.74) is 5.85. The van der Waals surface area contributed by atoms with Crippen LogP contribution in [0.5, 0.6) is 0 Å². The molecule has 1 heterocycles. The molecule has 6 heteroatoms. The molecule has 0 aromatic rings. The van der Waals surface area contributed by atoms with Gasteiger partial charge in [-0.2, -0.15) is 0 Å². The van der Waals surface area contributed by atoms with E-state index in [2.05, 4.69) is 16.7 Å². The highest BCUT2D eigenvalue weighted by atomic mass is 32.2. The second-order valence-electron chi connectivity index (χ2n) is 6.99. The van der Waals surface area contributed by atoms with E-state index in [1.54, 1.807) is 20.8 Å². The van der Waals surface area contributed by atoms with Crippen LogP contribution >= 0.6 is 0 Å². The Morgan fingerprint density at radius 3 is 2.14 bits per heavy atom. The van der Waals surface area contributed by atoms with Gasteiger partial charge in [0.1, 0.15) is 0 Å². The third kappa shape index (κ3) is 5.51. The van der Waals surface area contributed by atoms with E-state index < -0.39 is 14.6 Å². The lowest BCUT2D eigenvalue weighted by molar-refractivity contribution is 0.0982. The molecule has 1 fully saturated rings. The first-order valence-corrected chi connectivity index (χ1v) is 9.75. The Balaban J connectivity index is 2.41. The second-order valence-corrected chi connectivity index (χ2v) is 9.85. The van der Waals surface area contributed by atoms with Crippen LogP contribution in [-0.4, -0.2) is 74.0 Å². The zero-order valence-corrected chi connectivity index (χ0v) is 15.0. The molecule has 0 aliphatic carbocycles. The summed E-state index contributed by atoms with van der Waals surface area (Å²) < 4.78 is 23.6. The van der Waals surface area contributed by atoms with E-state index in [9.17, 15) is 8.42 Å². The highest BCUT2D eigenvalue weighted by Gasteiger charge is 2.30. The fourth-order valence-corrected chi connectivity index (χ4v) is 3.80. The van der Waals surface area contributed by atoms with Crippen molar-refractivity contribution >= 4 is 9.84 Å². The Morgan fingerprint density at radius 1 is 1.14 bits per heavy atom.